The molecule has 1 aliphatic heterocycles. The lowest BCUT2D eigenvalue weighted by Crippen LogP contribution is -2.33. The second-order valence-electron chi connectivity index (χ2n) is 7.15. The van der Waals surface area contributed by atoms with E-state index in [1.165, 1.54) is 17.8 Å². The summed E-state index contributed by atoms with van der Waals surface area (Å²) in [5, 5.41) is 28.2. The van der Waals surface area contributed by atoms with Gasteiger partial charge < -0.3 is 10.4 Å². The first-order valence-electron chi connectivity index (χ1n) is 9.71. The normalized spacial score (nSPS) is 17.9. The Bertz CT molecular complexity index is 1200. The lowest BCUT2D eigenvalue weighted by Gasteiger charge is -2.12. The third-order valence-electron chi connectivity index (χ3n) is 4.95. The van der Waals surface area contributed by atoms with Crippen LogP contribution in [-0.2, 0) is 9.59 Å². The van der Waals surface area contributed by atoms with Gasteiger partial charge in [-0.15, -0.1) is 23.5 Å². The molecule has 3 aromatic carbocycles. The molecular weight excluding hydrogens is 450 g/mol. The van der Waals surface area contributed by atoms with Crippen molar-refractivity contribution in [2.75, 3.05) is 16.8 Å². The number of benzene rings is 3. The van der Waals surface area contributed by atoms with Gasteiger partial charge >= 0.3 is 5.97 Å². The summed E-state index contributed by atoms with van der Waals surface area (Å²) in [7, 11) is 0. The first kappa shape index (κ1) is 22.1. The first-order valence-corrected chi connectivity index (χ1v) is 11.7. The van der Waals surface area contributed by atoms with E-state index in [0.29, 0.717) is 21.9 Å². The van der Waals surface area contributed by atoms with Gasteiger partial charge in [0, 0.05) is 17.5 Å². The molecule has 8 nitrogen and oxygen atoms in total. The number of rotatable bonds is 7. The highest BCUT2D eigenvalue weighted by molar-refractivity contribution is 8.00. The van der Waals surface area contributed by atoms with E-state index in [2.05, 4.69) is 10.6 Å². The van der Waals surface area contributed by atoms with Crippen molar-refractivity contribution in [1.82, 2.24) is 5.32 Å². The van der Waals surface area contributed by atoms with Crippen LogP contribution in [0, 0.1) is 10.1 Å². The van der Waals surface area contributed by atoms with Crippen LogP contribution in [0.4, 0.5) is 11.4 Å². The standard InChI is InChI=1S/C22H19N3O5S2/c26-20(23-16-7-5-13-3-1-2-4-14(13)9-16)12-31-19-8-6-15(10-18(19)25(29)30)21-24-17(11-32-21)22(27)28/h1-10,17,21,24H,11-12H2,(H,23,26)(H,27,28)/t17-,21-/m1/s1. The number of hydrogen-bond acceptors (Lipinski definition) is 7. The predicted molar refractivity (Wildman–Crippen MR) is 126 cm³/mol. The number of carboxylic acids is 1. The van der Waals surface area contributed by atoms with E-state index in [0.717, 1.165) is 22.5 Å². The minimum absolute atomic E-state index is 0.0184. The molecule has 1 aliphatic rings. The number of nitrogens with zero attached hydrogens (tertiary/aromatic N) is 1. The van der Waals surface area contributed by atoms with Crippen LogP contribution in [0.2, 0.25) is 0 Å². The number of nitro benzene ring substituents is 1. The lowest BCUT2D eigenvalue weighted by molar-refractivity contribution is -0.387. The van der Waals surface area contributed by atoms with Crippen LogP contribution in [0.1, 0.15) is 10.9 Å². The van der Waals surface area contributed by atoms with Crippen molar-refractivity contribution in [3.8, 4) is 0 Å². The maximum Gasteiger partial charge on any atom is 0.321 e. The molecule has 1 amide bonds. The van der Waals surface area contributed by atoms with Gasteiger partial charge in [0.25, 0.3) is 5.69 Å². The highest BCUT2D eigenvalue weighted by atomic mass is 32.2. The van der Waals surface area contributed by atoms with E-state index in [4.69, 9.17) is 5.11 Å². The Morgan fingerprint density at radius 1 is 1.16 bits per heavy atom. The number of carboxylic acid groups (broad SMARTS) is 1. The van der Waals surface area contributed by atoms with E-state index >= 15 is 0 Å². The summed E-state index contributed by atoms with van der Waals surface area (Å²) in [5.41, 5.74) is 1.19. The average Bonchev–Trinajstić information content (AvgIpc) is 3.28. The molecule has 10 heteroatoms. The Hall–Kier alpha value is -3.08. The van der Waals surface area contributed by atoms with Gasteiger partial charge in [-0.1, -0.05) is 36.4 Å². The number of fused-ring (bicyclic) bond motifs is 1. The van der Waals surface area contributed by atoms with Gasteiger partial charge in [-0.05, 0) is 34.5 Å². The summed E-state index contributed by atoms with van der Waals surface area (Å²) in [6.45, 7) is 0. The molecule has 32 heavy (non-hydrogen) atoms. The molecule has 0 bridgehead atoms. The Kier molecular flexibility index (Phi) is 6.63. The summed E-state index contributed by atoms with van der Waals surface area (Å²) in [6.07, 6.45) is 0. The SMILES string of the molecule is O=C(CSc1ccc([C@@H]2N[C@@H](C(=O)O)CS2)cc1[N+](=O)[O-])Nc1ccc2ccccc2c1. The second-order valence-corrected chi connectivity index (χ2v) is 9.31. The monoisotopic (exact) mass is 469 g/mol. The summed E-state index contributed by atoms with van der Waals surface area (Å²) in [4.78, 5) is 35.0. The maximum atomic E-state index is 12.4. The predicted octanol–water partition coefficient (Wildman–Crippen LogP) is 4.27. The minimum Gasteiger partial charge on any atom is -0.480 e. The molecule has 0 radical (unpaired) electrons. The molecule has 0 unspecified atom stereocenters. The number of carbonyl (C=O) groups excluding carboxylic acids is 1. The summed E-state index contributed by atoms with van der Waals surface area (Å²) >= 11 is 2.48. The zero-order chi connectivity index (χ0) is 22.7. The van der Waals surface area contributed by atoms with Crippen LogP contribution in [0.3, 0.4) is 0 Å². The molecule has 1 heterocycles. The molecule has 3 N–H and O–H groups in total. The summed E-state index contributed by atoms with van der Waals surface area (Å²) < 4.78 is 0. The number of carbonyl (C=O) groups is 2. The van der Waals surface area contributed by atoms with Crippen LogP contribution >= 0.6 is 23.5 Å². The zero-order valence-electron chi connectivity index (χ0n) is 16.7. The fourth-order valence-corrected chi connectivity index (χ4v) is 5.40. The highest BCUT2D eigenvalue weighted by Gasteiger charge is 2.31. The smallest absolute Gasteiger partial charge is 0.321 e. The number of nitro groups is 1. The summed E-state index contributed by atoms with van der Waals surface area (Å²) in [6, 6.07) is 17.5. The van der Waals surface area contributed by atoms with Gasteiger partial charge in [-0.2, -0.15) is 0 Å². The van der Waals surface area contributed by atoms with Crippen molar-refractivity contribution in [3.63, 3.8) is 0 Å². The van der Waals surface area contributed by atoms with Crippen molar-refractivity contribution < 1.29 is 19.6 Å². The number of thioether (sulfide) groups is 2. The van der Waals surface area contributed by atoms with Crippen molar-refractivity contribution in [2.45, 2.75) is 16.3 Å². The Morgan fingerprint density at radius 2 is 1.94 bits per heavy atom. The van der Waals surface area contributed by atoms with Crippen LogP contribution in [0.5, 0.6) is 0 Å². The molecule has 0 saturated carbocycles. The van der Waals surface area contributed by atoms with Crippen LogP contribution < -0.4 is 10.6 Å². The van der Waals surface area contributed by atoms with Crippen LogP contribution in [0.25, 0.3) is 10.8 Å². The van der Waals surface area contributed by atoms with Gasteiger partial charge in [-0.25, -0.2) is 0 Å². The van der Waals surface area contributed by atoms with Gasteiger partial charge in [0.2, 0.25) is 5.91 Å². The molecule has 1 saturated heterocycles. The maximum absolute atomic E-state index is 12.4. The fourth-order valence-electron chi connectivity index (χ4n) is 3.38. The number of anilines is 1. The second kappa shape index (κ2) is 9.60. The molecule has 4 rings (SSSR count). The van der Waals surface area contributed by atoms with Crippen molar-refractivity contribution in [1.29, 1.82) is 0 Å². The van der Waals surface area contributed by atoms with Crippen LogP contribution in [-0.4, -0.2) is 39.5 Å². The van der Waals surface area contributed by atoms with E-state index in [1.54, 1.807) is 12.1 Å². The van der Waals surface area contributed by atoms with E-state index in [-0.39, 0.29) is 22.7 Å². The van der Waals surface area contributed by atoms with Crippen LogP contribution in [0.15, 0.2) is 65.6 Å². The summed E-state index contributed by atoms with van der Waals surface area (Å²) in [5.74, 6) is -0.802. The molecule has 1 fully saturated rings. The lowest BCUT2D eigenvalue weighted by atomic mass is 10.1. The van der Waals surface area contributed by atoms with Gasteiger partial charge in [0.05, 0.1) is 20.9 Å². The van der Waals surface area contributed by atoms with E-state index in [1.807, 2.05) is 42.5 Å². The largest absolute Gasteiger partial charge is 0.480 e. The molecule has 0 spiro atoms. The first-order chi connectivity index (χ1) is 15.4. The number of amides is 1. The number of nitrogens with one attached hydrogen (secondary N) is 2. The zero-order valence-corrected chi connectivity index (χ0v) is 18.3. The van der Waals surface area contributed by atoms with Gasteiger partial charge in [0.1, 0.15) is 6.04 Å². The van der Waals surface area contributed by atoms with Gasteiger partial charge in [-0.3, -0.25) is 25.0 Å². The highest BCUT2D eigenvalue weighted by Crippen LogP contribution is 2.37. The quantitative estimate of drug-likeness (QED) is 0.266. The number of aliphatic carboxylic acids is 1. The third-order valence-corrected chi connectivity index (χ3v) is 7.28. The van der Waals surface area contributed by atoms with Crippen molar-refractivity contribution in [3.05, 3.63) is 76.3 Å². The number of hydrogen-bond donors (Lipinski definition) is 3. The molecular formula is C22H19N3O5S2. The fraction of sp³-hybridized carbons (Fsp3) is 0.182. The third kappa shape index (κ3) is 5.04. The topological polar surface area (TPSA) is 122 Å². The Balaban J connectivity index is 1.42. The molecule has 3 aromatic rings. The van der Waals surface area contributed by atoms with Gasteiger partial charge in [0.15, 0.2) is 0 Å². The van der Waals surface area contributed by atoms with Crippen molar-refractivity contribution >= 4 is 57.5 Å². The average molecular weight is 470 g/mol. The minimum atomic E-state index is -0.945. The Morgan fingerprint density at radius 3 is 2.66 bits per heavy atom. The molecule has 0 aromatic heterocycles. The van der Waals surface area contributed by atoms with E-state index in [9.17, 15) is 19.7 Å². The Labute approximate surface area is 191 Å². The molecule has 164 valence electrons. The van der Waals surface area contributed by atoms with E-state index < -0.39 is 16.9 Å². The molecule has 2 atom stereocenters. The van der Waals surface area contributed by atoms with Crippen molar-refractivity contribution in [2.24, 2.45) is 0 Å². The molecule has 0 aliphatic carbocycles.